The van der Waals surface area contributed by atoms with Crippen molar-refractivity contribution < 1.29 is 9.13 Å². The van der Waals surface area contributed by atoms with Crippen molar-refractivity contribution in [2.24, 2.45) is 0 Å². The minimum atomic E-state index is -0.427. The molecule has 2 aromatic rings. The summed E-state index contributed by atoms with van der Waals surface area (Å²) in [7, 11) is 0. The molecule has 0 saturated carbocycles. The molecule has 0 fully saturated rings. The third-order valence-corrected chi connectivity index (χ3v) is 3.54. The predicted molar refractivity (Wildman–Crippen MR) is 76.1 cm³/mol. The van der Waals surface area contributed by atoms with E-state index in [1.54, 1.807) is 12.1 Å². The lowest BCUT2D eigenvalue weighted by Crippen LogP contribution is -2.13. The first-order valence-electron chi connectivity index (χ1n) is 5.85. The molecule has 0 unspecified atom stereocenters. The molecule has 1 aromatic carbocycles. The molecule has 1 aromatic heterocycles. The van der Waals surface area contributed by atoms with Gasteiger partial charge in [0.2, 0.25) is 0 Å². The maximum atomic E-state index is 13.5. The number of nitrogens with one attached hydrogen (secondary N) is 1. The Kier molecular flexibility index (Phi) is 5.24. The van der Waals surface area contributed by atoms with Gasteiger partial charge >= 0.3 is 0 Å². The van der Waals surface area contributed by atoms with Gasteiger partial charge in [-0.15, -0.1) is 5.10 Å². The lowest BCUT2D eigenvalue weighted by atomic mass is 10.3. The van der Waals surface area contributed by atoms with E-state index in [9.17, 15) is 4.39 Å². The third-order valence-electron chi connectivity index (χ3n) is 2.24. The summed E-state index contributed by atoms with van der Waals surface area (Å²) in [6, 6.07) is 4.51. The zero-order valence-electron chi connectivity index (χ0n) is 10.3. The van der Waals surface area contributed by atoms with Crippen LogP contribution < -0.4 is 10.1 Å². The van der Waals surface area contributed by atoms with Crippen LogP contribution in [0.3, 0.4) is 0 Å². The first-order valence-corrected chi connectivity index (χ1v) is 7.46. The summed E-state index contributed by atoms with van der Waals surface area (Å²) in [5.74, 6) is -0.289. The first kappa shape index (κ1) is 14.4. The van der Waals surface area contributed by atoms with Crippen molar-refractivity contribution in [3.8, 4) is 10.9 Å². The molecule has 4 nitrogen and oxygen atoms in total. The Morgan fingerprint density at radius 1 is 1.42 bits per heavy atom. The highest BCUT2D eigenvalue weighted by Gasteiger charge is 2.10. The van der Waals surface area contributed by atoms with Crippen LogP contribution in [-0.4, -0.2) is 16.7 Å². The Labute approximate surface area is 123 Å². The van der Waals surface area contributed by atoms with Crippen LogP contribution in [0.2, 0.25) is 0 Å². The van der Waals surface area contributed by atoms with Gasteiger partial charge in [-0.3, -0.25) is 0 Å². The Morgan fingerprint density at radius 3 is 3.05 bits per heavy atom. The van der Waals surface area contributed by atoms with Crippen LogP contribution in [0.4, 0.5) is 4.39 Å². The highest BCUT2D eigenvalue weighted by molar-refractivity contribution is 9.10. The maximum Gasteiger partial charge on any atom is 0.299 e. The van der Waals surface area contributed by atoms with E-state index in [-0.39, 0.29) is 5.75 Å². The minimum Gasteiger partial charge on any atom is -0.427 e. The second-order valence-corrected chi connectivity index (χ2v) is 5.76. The number of ether oxygens (including phenoxy) is 1. The fourth-order valence-electron chi connectivity index (χ4n) is 1.37. The molecule has 0 aliphatic carbocycles. The molecule has 0 bridgehead atoms. The van der Waals surface area contributed by atoms with Crippen LogP contribution in [0.25, 0.3) is 0 Å². The quantitative estimate of drug-likeness (QED) is 0.810. The van der Waals surface area contributed by atoms with E-state index in [1.165, 1.54) is 17.4 Å². The molecular weight excluding hydrogens is 333 g/mol. The Morgan fingerprint density at radius 2 is 2.26 bits per heavy atom. The zero-order valence-corrected chi connectivity index (χ0v) is 12.7. The summed E-state index contributed by atoms with van der Waals surface area (Å²) < 4.78 is 19.6. The minimum absolute atomic E-state index is 0.138. The number of halogens is 2. The smallest absolute Gasteiger partial charge is 0.299 e. The number of benzene rings is 1. The van der Waals surface area contributed by atoms with Crippen LogP contribution in [0.5, 0.6) is 10.9 Å². The molecule has 7 heteroatoms. The fourth-order valence-corrected chi connectivity index (χ4v) is 2.38. The molecule has 0 aliphatic heterocycles. The predicted octanol–water partition coefficient (Wildman–Crippen LogP) is 3.73. The number of rotatable bonds is 6. The highest BCUT2D eigenvalue weighted by Crippen LogP contribution is 2.29. The van der Waals surface area contributed by atoms with Crippen LogP contribution >= 0.6 is 27.3 Å². The Balaban J connectivity index is 2.01. The van der Waals surface area contributed by atoms with Gasteiger partial charge < -0.3 is 10.1 Å². The van der Waals surface area contributed by atoms with Gasteiger partial charge in [-0.2, -0.15) is 0 Å². The van der Waals surface area contributed by atoms with E-state index >= 15 is 0 Å². The molecule has 2 rings (SSSR count). The van der Waals surface area contributed by atoms with Crippen LogP contribution in [0.1, 0.15) is 18.4 Å². The Bertz CT molecular complexity index is 550. The van der Waals surface area contributed by atoms with Crippen molar-refractivity contribution in [3.05, 3.63) is 33.5 Å². The largest absolute Gasteiger partial charge is 0.427 e. The van der Waals surface area contributed by atoms with Crippen molar-refractivity contribution in [2.45, 2.75) is 19.9 Å². The molecule has 19 heavy (non-hydrogen) atoms. The van der Waals surface area contributed by atoms with Crippen molar-refractivity contribution in [1.29, 1.82) is 0 Å². The van der Waals surface area contributed by atoms with Gasteiger partial charge in [0.1, 0.15) is 5.01 Å². The molecule has 0 atom stereocenters. The zero-order chi connectivity index (χ0) is 13.7. The maximum absolute atomic E-state index is 13.5. The van der Waals surface area contributed by atoms with Gasteiger partial charge in [-0.1, -0.05) is 39.3 Å². The van der Waals surface area contributed by atoms with E-state index in [2.05, 4.69) is 38.4 Å². The van der Waals surface area contributed by atoms with E-state index < -0.39 is 5.82 Å². The van der Waals surface area contributed by atoms with Crippen molar-refractivity contribution in [1.82, 2.24) is 15.5 Å². The van der Waals surface area contributed by atoms with E-state index in [0.29, 0.717) is 11.7 Å². The standard InChI is InChI=1S/C12H13BrFN3OS/c1-2-5-15-7-11-16-17-12(19-11)18-10-6-8(13)3-4-9(10)14/h3-4,6,15H,2,5,7H2,1H3. The molecule has 0 spiro atoms. The summed E-state index contributed by atoms with van der Waals surface area (Å²) >= 11 is 4.57. The summed E-state index contributed by atoms with van der Waals surface area (Å²) in [6.45, 7) is 3.67. The van der Waals surface area contributed by atoms with Gasteiger partial charge in [0.05, 0.1) is 0 Å². The molecular formula is C12H13BrFN3OS. The normalized spacial score (nSPS) is 10.7. The van der Waals surface area contributed by atoms with Crippen molar-refractivity contribution in [3.63, 3.8) is 0 Å². The van der Waals surface area contributed by atoms with Crippen LogP contribution in [0.15, 0.2) is 22.7 Å². The average Bonchev–Trinajstić information content (AvgIpc) is 2.82. The van der Waals surface area contributed by atoms with E-state index in [4.69, 9.17) is 4.74 Å². The number of hydrogen-bond donors (Lipinski definition) is 1. The molecule has 102 valence electrons. The second kappa shape index (κ2) is 6.93. The summed E-state index contributed by atoms with van der Waals surface area (Å²) in [4.78, 5) is 0. The highest BCUT2D eigenvalue weighted by atomic mass is 79.9. The third kappa shape index (κ3) is 4.22. The van der Waals surface area contributed by atoms with Gasteiger partial charge in [0.15, 0.2) is 11.6 Å². The van der Waals surface area contributed by atoms with Crippen LogP contribution in [-0.2, 0) is 6.54 Å². The summed E-state index contributed by atoms with van der Waals surface area (Å²) in [6.07, 6.45) is 1.06. The number of hydrogen-bond acceptors (Lipinski definition) is 5. The van der Waals surface area contributed by atoms with Crippen molar-refractivity contribution >= 4 is 27.3 Å². The lowest BCUT2D eigenvalue weighted by Gasteiger charge is -2.02. The molecule has 0 amide bonds. The summed E-state index contributed by atoms with van der Waals surface area (Å²) in [5, 5.41) is 12.2. The average molecular weight is 346 g/mol. The molecule has 1 N–H and O–H groups in total. The first-order chi connectivity index (χ1) is 9.19. The summed E-state index contributed by atoms with van der Waals surface area (Å²) in [5.41, 5.74) is 0. The monoisotopic (exact) mass is 345 g/mol. The van der Waals surface area contributed by atoms with Crippen molar-refractivity contribution in [2.75, 3.05) is 6.54 Å². The molecule has 0 aliphatic rings. The van der Waals surface area contributed by atoms with E-state index in [1.807, 2.05) is 0 Å². The number of aromatic nitrogens is 2. The Hall–Kier alpha value is -1.05. The van der Waals surface area contributed by atoms with Crippen LogP contribution in [0, 0.1) is 5.82 Å². The SMILES string of the molecule is CCCNCc1nnc(Oc2cc(Br)ccc2F)s1. The van der Waals surface area contributed by atoms with Gasteiger partial charge in [-0.05, 0) is 31.2 Å². The molecule has 1 heterocycles. The van der Waals surface area contributed by atoms with E-state index in [0.717, 1.165) is 22.4 Å². The fraction of sp³-hybridized carbons (Fsp3) is 0.333. The second-order valence-electron chi connectivity index (χ2n) is 3.82. The topological polar surface area (TPSA) is 47.0 Å². The van der Waals surface area contributed by atoms with Gasteiger partial charge in [-0.25, -0.2) is 4.39 Å². The van der Waals surface area contributed by atoms with Gasteiger partial charge in [0, 0.05) is 11.0 Å². The van der Waals surface area contributed by atoms with Gasteiger partial charge in [0.25, 0.3) is 5.19 Å². The molecule has 0 saturated heterocycles. The number of nitrogens with zero attached hydrogens (tertiary/aromatic N) is 2. The lowest BCUT2D eigenvalue weighted by molar-refractivity contribution is 0.435. The molecule has 0 radical (unpaired) electrons.